The minimum absolute atomic E-state index is 0.0100. The van der Waals surface area contributed by atoms with Crippen molar-refractivity contribution in [2.24, 2.45) is 0 Å². The van der Waals surface area contributed by atoms with Gasteiger partial charge >= 0.3 is 0 Å². The number of hydrogen-bond donors (Lipinski definition) is 1. The SMILES string of the molecule is CN1CCO[C@@H]2CN(C(=O)c3cncc(O)c3)C[C@@H]21. The van der Waals surface area contributed by atoms with E-state index in [2.05, 4.69) is 16.9 Å². The van der Waals surface area contributed by atoms with Crippen LogP contribution in [-0.2, 0) is 4.74 Å². The topological polar surface area (TPSA) is 65.9 Å². The summed E-state index contributed by atoms with van der Waals surface area (Å²) >= 11 is 0. The lowest BCUT2D eigenvalue weighted by atomic mass is 10.1. The number of carbonyl (C=O) groups is 1. The Hall–Kier alpha value is -1.66. The number of rotatable bonds is 1. The van der Waals surface area contributed by atoms with Gasteiger partial charge in [0.05, 0.1) is 30.5 Å². The number of amides is 1. The summed E-state index contributed by atoms with van der Waals surface area (Å²) in [6.45, 7) is 2.88. The lowest BCUT2D eigenvalue weighted by Crippen LogP contribution is -2.48. The minimum Gasteiger partial charge on any atom is -0.506 e. The average molecular weight is 263 g/mol. The van der Waals surface area contributed by atoms with E-state index in [9.17, 15) is 9.90 Å². The summed E-state index contributed by atoms with van der Waals surface area (Å²) in [7, 11) is 2.06. The van der Waals surface area contributed by atoms with Crippen molar-refractivity contribution >= 4 is 5.91 Å². The molecule has 0 aliphatic carbocycles. The van der Waals surface area contributed by atoms with Crippen LogP contribution in [0.1, 0.15) is 10.4 Å². The van der Waals surface area contributed by atoms with Gasteiger partial charge in [0.25, 0.3) is 5.91 Å². The lowest BCUT2D eigenvalue weighted by molar-refractivity contribution is -0.0368. The molecule has 1 amide bonds. The van der Waals surface area contributed by atoms with Crippen LogP contribution in [0.3, 0.4) is 0 Å². The fourth-order valence-corrected chi connectivity index (χ4v) is 2.75. The first kappa shape index (κ1) is 12.4. The van der Waals surface area contributed by atoms with Crippen LogP contribution < -0.4 is 0 Å². The molecule has 1 aromatic heterocycles. The van der Waals surface area contributed by atoms with Crippen LogP contribution in [-0.4, -0.2) is 71.2 Å². The van der Waals surface area contributed by atoms with Crippen molar-refractivity contribution in [1.82, 2.24) is 14.8 Å². The number of pyridine rings is 1. The summed E-state index contributed by atoms with van der Waals surface area (Å²) in [6.07, 6.45) is 2.89. The molecule has 2 atom stereocenters. The molecule has 1 N–H and O–H groups in total. The van der Waals surface area contributed by atoms with E-state index in [0.717, 1.165) is 6.54 Å². The van der Waals surface area contributed by atoms with E-state index in [1.165, 1.54) is 18.5 Å². The van der Waals surface area contributed by atoms with E-state index >= 15 is 0 Å². The Bertz CT molecular complexity index is 494. The second kappa shape index (κ2) is 4.79. The molecule has 0 spiro atoms. The number of fused-ring (bicyclic) bond motifs is 1. The van der Waals surface area contributed by atoms with Gasteiger partial charge in [0, 0.05) is 25.8 Å². The number of likely N-dealkylation sites (N-methyl/N-ethyl adjacent to an activating group) is 1. The maximum atomic E-state index is 12.3. The standard InChI is InChI=1S/C13H17N3O3/c1-15-2-3-19-12-8-16(7-11(12)15)13(18)9-4-10(17)6-14-5-9/h4-6,11-12,17H,2-3,7-8H2,1H3/t11-,12+/m0/s1. The zero-order valence-corrected chi connectivity index (χ0v) is 10.8. The molecule has 2 aliphatic rings. The van der Waals surface area contributed by atoms with Crippen molar-refractivity contribution in [2.75, 3.05) is 33.3 Å². The van der Waals surface area contributed by atoms with E-state index < -0.39 is 0 Å². The molecule has 2 saturated heterocycles. The zero-order chi connectivity index (χ0) is 13.4. The van der Waals surface area contributed by atoms with Gasteiger partial charge in [-0.1, -0.05) is 0 Å². The highest BCUT2D eigenvalue weighted by Gasteiger charge is 2.40. The predicted octanol–water partition coefficient (Wildman–Crippen LogP) is -0.0578. The van der Waals surface area contributed by atoms with Crippen LogP contribution in [0.5, 0.6) is 5.75 Å². The predicted molar refractivity (Wildman–Crippen MR) is 68.0 cm³/mol. The van der Waals surface area contributed by atoms with Crippen LogP contribution >= 0.6 is 0 Å². The Labute approximate surface area is 111 Å². The largest absolute Gasteiger partial charge is 0.506 e. The first-order valence-electron chi connectivity index (χ1n) is 6.40. The normalized spacial score (nSPS) is 27.3. The van der Waals surface area contributed by atoms with Crippen LogP contribution in [0.2, 0.25) is 0 Å². The van der Waals surface area contributed by atoms with Gasteiger partial charge < -0.3 is 14.7 Å². The van der Waals surface area contributed by atoms with Crippen molar-refractivity contribution < 1.29 is 14.6 Å². The molecule has 6 nitrogen and oxygen atoms in total. The molecule has 2 aliphatic heterocycles. The monoisotopic (exact) mass is 263 g/mol. The number of hydrogen-bond acceptors (Lipinski definition) is 5. The molecule has 0 aromatic carbocycles. The average Bonchev–Trinajstić information content (AvgIpc) is 2.83. The first-order chi connectivity index (χ1) is 9.15. The number of ether oxygens (including phenoxy) is 1. The number of likely N-dealkylation sites (tertiary alicyclic amines) is 1. The number of nitrogens with zero attached hydrogens (tertiary/aromatic N) is 3. The molecule has 19 heavy (non-hydrogen) atoms. The molecule has 0 radical (unpaired) electrons. The van der Waals surface area contributed by atoms with Gasteiger partial charge in [0.1, 0.15) is 5.75 Å². The number of morpholine rings is 1. The highest BCUT2D eigenvalue weighted by Crippen LogP contribution is 2.23. The minimum atomic E-state index is -0.102. The lowest BCUT2D eigenvalue weighted by Gasteiger charge is -2.33. The summed E-state index contributed by atoms with van der Waals surface area (Å²) in [5, 5.41) is 9.39. The Kier molecular flexibility index (Phi) is 3.12. The molecule has 1 aromatic rings. The number of carbonyl (C=O) groups excluding carboxylic acids is 1. The summed E-state index contributed by atoms with van der Waals surface area (Å²) in [5.74, 6) is -0.0920. The summed E-state index contributed by atoms with van der Waals surface area (Å²) in [6, 6.07) is 1.71. The molecule has 0 unspecified atom stereocenters. The molecular weight excluding hydrogens is 246 g/mol. The third-order valence-corrected chi connectivity index (χ3v) is 3.84. The molecule has 3 rings (SSSR count). The molecule has 6 heteroatoms. The molecule has 0 saturated carbocycles. The van der Waals surface area contributed by atoms with Crippen molar-refractivity contribution in [2.45, 2.75) is 12.1 Å². The molecule has 0 bridgehead atoms. The fourth-order valence-electron chi connectivity index (χ4n) is 2.75. The second-order valence-electron chi connectivity index (χ2n) is 5.10. The van der Waals surface area contributed by atoms with Crippen molar-refractivity contribution in [1.29, 1.82) is 0 Å². The van der Waals surface area contributed by atoms with E-state index in [4.69, 9.17) is 4.74 Å². The number of aromatic hydroxyl groups is 1. The van der Waals surface area contributed by atoms with Gasteiger partial charge in [0.15, 0.2) is 0 Å². The van der Waals surface area contributed by atoms with Crippen LogP contribution in [0.25, 0.3) is 0 Å². The maximum Gasteiger partial charge on any atom is 0.255 e. The third-order valence-electron chi connectivity index (χ3n) is 3.84. The molecular formula is C13H17N3O3. The fraction of sp³-hybridized carbons (Fsp3) is 0.538. The Morgan fingerprint density at radius 2 is 2.32 bits per heavy atom. The van der Waals surface area contributed by atoms with Gasteiger partial charge in [0.2, 0.25) is 0 Å². The van der Waals surface area contributed by atoms with E-state index in [1.54, 1.807) is 4.90 Å². The summed E-state index contributed by atoms with van der Waals surface area (Å²) < 4.78 is 5.71. The Morgan fingerprint density at radius 1 is 1.47 bits per heavy atom. The van der Waals surface area contributed by atoms with Crippen molar-refractivity contribution in [3.8, 4) is 5.75 Å². The first-order valence-corrected chi connectivity index (χ1v) is 6.40. The maximum absolute atomic E-state index is 12.3. The van der Waals surface area contributed by atoms with E-state index in [0.29, 0.717) is 25.3 Å². The second-order valence-corrected chi connectivity index (χ2v) is 5.10. The van der Waals surface area contributed by atoms with Gasteiger partial charge in [-0.05, 0) is 13.1 Å². The molecule has 2 fully saturated rings. The highest BCUT2D eigenvalue weighted by molar-refractivity contribution is 5.94. The van der Waals surface area contributed by atoms with Gasteiger partial charge in [-0.15, -0.1) is 0 Å². The molecule has 102 valence electrons. The van der Waals surface area contributed by atoms with E-state index in [1.807, 2.05) is 0 Å². The number of aromatic nitrogens is 1. The van der Waals surface area contributed by atoms with Gasteiger partial charge in [-0.25, -0.2) is 0 Å². The van der Waals surface area contributed by atoms with E-state index in [-0.39, 0.29) is 23.8 Å². The van der Waals surface area contributed by atoms with Crippen LogP contribution in [0, 0.1) is 0 Å². The smallest absolute Gasteiger partial charge is 0.255 e. The summed E-state index contributed by atoms with van der Waals surface area (Å²) in [4.78, 5) is 20.2. The van der Waals surface area contributed by atoms with Crippen LogP contribution in [0.4, 0.5) is 0 Å². The van der Waals surface area contributed by atoms with Gasteiger partial charge in [-0.2, -0.15) is 0 Å². The zero-order valence-electron chi connectivity index (χ0n) is 10.8. The Balaban J connectivity index is 1.75. The van der Waals surface area contributed by atoms with Crippen molar-refractivity contribution in [3.63, 3.8) is 0 Å². The Morgan fingerprint density at radius 3 is 3.05 bits per heavy atom. The third kappa shape index (κ3) is 2.29. The van der Waals surface area contributed by atoms with Gasteiger partial charge in [-0.3, -0.25) is 14.7 Å². The molecule has 3 heterocycles. The highest BCUT2D eigenvalue weighted by atomic mass is 16.5. The van der Waals surface area contributed by atoms with Crippen LogP contribution in [0.15, 0.2) is 18.5 Å². The quantitative estimate of drug-likeness (QED) is 0.769. The van der Waals surface area contributed by atoms with Crippen molar-refractivity contribution in [3.05, 3.63) is 24.0 Å². The summed E-state index contributed by atoms with van der Waals surface area (Å²) in [5.41, 5.74) is 0.418.